The Morgan fingerprint density at radius 2 is 1.89 bits per heavy atom. The number of amides is 4. The molecular weight excluding hydrogens is 843 g/mol. The summed E-state index contributed by atoms with van der Waals surface area (Å²) in [6.45, 7) is 7.42. The summed E-state index contributed by atoms with van der Waals surface area (Å²) in [5, 5.41) is 17.2. The highest BCUT2D eigenvalue weighted by molar-refractivity contribution is 6.08. The molecule has 18 nitrogen and oxygen atoms in total. The number of nitrogens with one attached hydrogen (secondary N) is 3. The van der Waals surface area contributed by atoms with E-state index in [1.54, 1.807) is 28.0 Å². The summed E-state index contributed by atoms with van der Waals surface area (Å²) in [5.41, 5.74) is 2.39. The molecule has 5 fully saturated rings. The SMILES string of the molecule is CN(CCCN1CCO[C@H](CNc2cccc3c2CN(C2CCC(=O)NC2=O)C3=O)C1)C[C@H]1CC[C@H](n2cc(NC(=O)c3cnn4ccc(N5C[C@H]6C[C@@H]5CO6)nc34)c(C(F)F)n2)CC1. The number of carbonyl (C=O) groups is 4. The number of carbonyl (C=O) groups excluding carboxylic acids is 4. The van der Waals surface area contributed by atoms with Crippen molar-refractivity contribution in [3.8, 4) is 0 Å². The van der Waals surface area contributed by atoms with Crippen LogP contribution in [0.1, 0.15) is 95.8 Å². The Labute approximate surface area is 374 Å². The molecule has 4 atom stereocenters. The molecule has 10 rings (SSSR count). The van der Waals surface area contributed by atoms with Crippen LogP contribution in [0.2, 0.25) is 0 Å². The molecule has 2 bridgehead atoms. The van der Waals surface area contributed by atoms with Crippen LogP contribution < -0.4 is 20.9 Å². The maximum Gasteiger partial charge on any atom is 0.284 e. The number of halogens is 2. The van der Waals surface area contributed by atoms with Crippen molar-refractivity contribution in [2.45, 2.75) is 94.7 Å². The number of benzene rings is 1. The number of alkyl halides is 2. The van der Waals surface area contributed by atoms with E-state index in [2.05, 4.69) is 47.9 Å². The van der Waals surface area contributed by atoms with Crippen molar-refractivity contribution < 1.29 is 37.4 Å². The first kappa shape index (κ1) is 43.3. The van der Waals surface area contributed by atoms with E-state index in [9.17, 15) is 28.0 Å². The van der Waals surface area contributed by atoms with E-state index in [1.165, 1.54) is 10.7 Å². The standard InChI is InChI=1S/C45H56F2N12O6/c1-54(13-3-14-55-16-17-64-31(22-55)19-48-35-5-2-4-32-34(35)24-57(45(32)63)37-10-11-39(60)52-44(37)62)21-27-6-8-28(9-7-27)59-25-36(40(53-59)41(46)47)50-43(61)33-20-49-58-15-12-38(51-42(33)58)56-23-30-18-29(56)26-65-30/h2,4-5,12,15,20,25,27-31,37,41,48H,3,6-11,13-14,16-19,21-24,26H2,1H3,(H,50,61)(H,52,60,62)/t27-,28-,29-,30-,31-,37?/m1/s1. The average Bonchev–Trinajstić information content (AvgIpc) is 4.16. The fourth-order valence-electron chi connectivity index (χ4n) is 10.7. The summed E-state index contributed by atoms with van der Waals surface area (Å²) in [6, 6.07) is 7.00. The molecule has 0 spiro atoms. The molecule has 1 aromatic carbocycles. The zero-order valence-corrected chi connectivity index (χ0v) is 36.5. The normalized spacial score (nSPS) is 25.9. The molecule has 4 aromatic rings. The fraction of sp³-hybridized carbons (Fsp3) is 0.578. The molecule has 4 amide bonds. The van der Waals surface area contributed by atoms with Gasteiger partial charge >= 0.3 is 0 Å². The largest absolute Gasteiger partial charge is 0.382 e. The van der Waals surface area contributed by atoms with Crippen molar-refractivity contribution in [1.29, 1.82) is 0 Å². The lowest BCUT2D eigenvalue weighted by Crippen LogP contribution is -2.52. The van der Waals surface area contributed by atoms with Gasteiger partial charge in [-0.15, -0.1) is 0 Å². The first-order valence-corrected chi connectivity index (χ1v) is 23.0. The van der Waals surface area contributed by atoms with Gasteiger partial charge in [-0.3, -0.25) is 34.1 Å². The van der Waals surface area contributed by atoms with Gasteiger partial charge < -0.3 is 34.8 Å². The number of imide groups is 1. The van der Waals surface area contributed by atoms with Crippen LogP contribution in [-0.2, 0) is 25.6 Å². The maximum atomic E-state index is 14.3. The van der Waals surface area contributed by atoms with Crippen molar-refractivity contribution in [1.82, 2.24) is 44.4 Å². The number of aromatic nitrogens is 5. The van der Waals surface area contributed by atoms with Crippen molar-refractivity contribution in [2.24, 2.45) is 5.92 Å². The van der Waals surface area contributed by atoms with Gasteiger partial charge in [0.1, 0.15) is 17.4 Å². The highest BCUT2D eigenvalue weighted by atomic mass is 19.3. The van der Waals surface area contributed by atoms with Crippen molar-refractivity contribution >= 4 is 46.5 Å². The van der Waals surface area contributed by atoms with E-state index in [0.29, 0.717) is 49.9 Å². The van der Waals surface area contributed by atoms with E-state index in [1.807, 2.05) is 18.2 Å². The molecule has 1 saturated carbocycles. The molecule has 3 N–H and O–H groups in total. The van der Waals surface area contributed by atoms with E-state index in [-0.39, 0.29) is 53.8 Å². The number of nitrogens with zero attached hydrogens (tertiary/aromatic N) is 9. The molecular formula is C45H56F2N12O6. The molecule has 1 unspecified atom stereocenters. The van der Waals surface area contributed by atoms with E-state index in [4.69, 9.17) is 14.5 Å². The maximum absolute atomic E-state index is 14.3. The lowest BCUT2D eigenvalue weighted by molar-refractivity contribution is -0.136. The molecule has 0 radical (unpaired) electrons. The topological polar surface area (TPSA) is 184 Å². The smallest absolute Gasteiger partial charge is 0.284 e. The molecule has 1 aliphatic carbocycles. The minimum Gasteiger partial charge on any atom is -0.382 e. The van der Waals surface area contributed by atoms with Crippen LogP contribution in [0.15, 0.2) is 42.9 Å². The van der Waals surface area contributed by atoms with Crippen LogP contribution >= 0.6 is 0 Å². The Morgan fingerprint density at radius 3 is 2.68 bits per heavy atom. The number of rotatable bonds is 15. The summed E-state index contributed by atoms with van der Waals surface area (Å²) in [5.74, 6) is -0.265. The number of morpholine rings is 2. The predicted molar refractivity (Wildman–Crippen MR) is 234 cm³/mol. The first-order valence-electron chi connectivity index (χ1n) is 23.0. The molecule has 3 aromatic heterocycles. The molecule has 20 heteroatoms. The zero-order chi connectivity index (χ0) is 44.8. The number of ether oxygens (including phenoxy) is 2. The fourth-order valence-corrected chi connectivity index (χ4v) is 10.7. The molecule has 6 aliphatic rings. The van der Waals surface area contributed by atoms with Gasteiger partial charge in [0.25, 0.3) is 18.2 Å². The van der Waals surface area contributed by atoms with Crippen LogP contribution in [-0.4, -0.2) is 153 Å². The summed E-state index contributed by atoms with van der Waals surface area (Å²) >= 11 is 0. The van der Waals surface area contributed by atoms with Crippen molar-refractivity contribution in [3.63, 3.8) is 0 Å². The van der Waals surface area contributed by atoms with Gasteiger partial charge in [0, 0.05) is 74.9 Å². The molecule has 346 valence electrons. The average molecular weight is 899 g/mol. The minimum absolute atomic E-state index is 0.00338. The van der Waals surface area contributed by atoms with Gasteiger partial charge in [0.15, 0.2) is 11.3 Å². The van der Waals surface area contributed by atoms with Gasteiger partial charge in [-0.25, -0.2) is 18.3 Å². The molecule has 5 aliphatic heterocycles. The van der Waals surface area contributed by atoms with Crippen molar-refractivity contribution in [3.05, 3.63) is 65.2 Å². The van der Waals surface area contributed by atoms with Gasteiger partial charge in [0.2, 0.25) is 11.8 Å². The Balaban J connectivity index is 0.665. The summed E-state index contributed by atoms with van der Waals surface area (Å²) in [7, 11) is 2.16. The molecule has 4 saturated heterocycles. The summed E-state index contributed by atoms with van der Waals surface area (Å²) < 4.78 is 43.6. The van der Waals surface area contributed by atoms with Crippen LogP contribution in [0.3, 0.4) is 0 Å². The second-order valence-corrected chi connectivity index (χ2v) is 18.5. The van der Waals surface area contributed by atoms with E-state index >= 15 is 0 Å². The third-order valence-corrected chi connectivity index (χ3v) is 14.1. The Morgan fingerprint density at radius 1 is 1.03 bits per heavy atom. The van der Waals surface area contributed by atoms with Gasteiger partial charge in [-0.05, 0) is 89.2 Å². The van der Waals surface area contributed by atoms with Gasteiger partial charge in [-0.2, -0.15) is 10.2 Å². The van der Waals surface area contributed by atoms with Crippen LogP contribution in [0, 0.1) is 5.92 Å². The van der Waals surface area contributed by atoms with E-state index < -0.39 is 30.0 Å². The predicted octanol–water partition coefficient (Wildman–Crippen LogP) is 3.72. The highest BCUT2D eigenvalue weighted by Gasteiger charge is 2.41. The van der Waals surface area contributed by atoms with E-state index in [0.717, 1.165) is 94.9 Å². The number of piperidine rings is 1. The number of anilines is 3. The lowest BCUT2D eigenvalue weighted by Gasteiger charge is -2.34. The first-order chi connectivity index (χ1) is 31.5. The van der Waals surface area contributed by atoms with Gasteiger partial charge in [0.05, 0.1) is 49.4 Å². The summed E-state index contributed by atoms with van der Waals surface area (Å²) in [6.07, 6.45) is 8.03. The Hall–Kier alpha value is -5.57. The second-order valence-electron chi connectivity index (χ2n) is 18.5. The number of hydrogen-bond acceptors (Lipinski definition) is 13. The molecule has 65 heavy (non-hydrogen) atoms. The quantitative estimate of drug-likeness (QED) is 0.147. The summed E-state index contributed by atoms with van der Waals surface area (Å²) in [4.78, 5) is 64.3. The number of hydrogen-bond donors (Lipinski definition) is 3. The lowest BCUT2D eigenvalue weighted by atomic mass is 9.86. The van der Waals surface area contributed by atoms with Crippen LogP contribution in [0.5, 0.6) is 0 Å². The van der Waals surface area contributed by atoms with Crippen molar-refractivity contribution in [2.75, 3.05) is 81.6 Å². The highest BCUT2D eigenvalue weighted by Crippen LogP contribution is 2.37. The zero-order valence-electron chi connectivity index (χ0n) is 36.5. The van der Waals surface area contributed by atoms with Crippen LogP contribution in [0.4, 0.5) is 26.0 Å². The Bertz CT molecular complexity index is 2440. The monoisotopic (exact) mass is 898 g/mol. The Kier molecular flexibility index (Phi) is 12.2. The third-order valence-electron chi connectivity index (χ3n) is 14.1. The minimum atomic E-state index is -2.86. The third kappa shape index (κ3) is 9.04. The van der Waals surface area contributed by atoms with Crippen LogP contribution in [0.25, 0.3) is 5.65 Å². The van der Waals surface area contributed by atoms with Gasteiger partial charge in [-0.1, -0.05) is 6.07 Å². The molecule has 8 heterocycles. The number of fused-ring (bicyclic) bond motifs is 4. The second kappa shape index (κ2) is 18.4.